The van der Waals surface area contributed by atoms with Gasteiger partial charge in [-0.3, -0.25) is 4.79 Å². The molecule has 0 saturated heterocycles. The van der Waals surface area contributed by atoms with Crippen molar-refractivity contribution in [2.24, 2.45) is 0 Å². The zero-order chi connectivity index (χ0) is 11.3. The minimum absolute atomic E-state index is 0.833. The van der Waals surface area contributed by atoms with Crippen LogP contribution in [0.3, 0.4) is 0 Å². The van der Waals surface area contributed by atoms with Crippen LogP contribution in [0.1, 0.15) is 6.92 Å². The first-order chi connectivity index (χ1) is 5.92. The minimum atomic E-state index is -0.981. The molecule has 0 aromatic heterocycles. The molecule has 0 aromatic carbocycles. The van der Waals surface area contributed by atoms with E-state index in [9.17, 15) is 4.79 Å². The largest absolute Gasteiger partial charge is 0.481 e. The lowest BCUT2D eigenvalue weighted by Gasteiger charge is -1.64. The summed E-state index contributed by atoms with van der Waals surface area (Å²) in [7, 11) is 0. The average Bonchev–Trinajstić information content (AvgIpc) is 2.04. The van der Waals surface area contributed by atoms with Crippen molar-refractivity contribution in [3.63, 3.8) is 0 Å². The van der Waals surface area contributed by atoms with E-state index in [0.29, 0.717) is 0 Å². The van der Waals surface area contributed by atoms with E-state index in [1.54, 1.807) is 12.2 Å². The summed E-state index contributed by atoms with van der Waals surface area (Å²) in [6, 6.07) is 0. The van der Waals surface area contributed by atoms with Gasteiger partial charge in [-0.25, -0.2) is 4.79 Å². The molecule has 0 fully saturated rings. The second-order valence-electron chi connectivity index (χ2n) is 1.53. The maximum absolute atomic E-state index is 9.25. The first-order valence-electron chi connectivity index (χ1n) is 3.20. The summed E-state index contributed by atoms with van der Waals surface area (Å²) < 4.78 is 0. The molecule has 0 heterocycles. The number of aliphatic carboxylic acids is 2. The maximum Gasteiger partial charge on any atom is 0.327 e. The summed E-state index contributed by atoms with van der Waals surface area (Å²) in [6.45, 7) is 10.8. The topological polar surface area (TPSA) is 74.6 Å². The van der Waals surface area contributed by atoms with Crippen LogP contribution in [0, 0.1) is 0 Å². The van der Waals surface area contributed by atoms with Crippen LogP contribution in [0.4, 0.5) is 0 Å². The molecule has 0 saturated carbocycles. The molecule has 0 radical (unpaired) electrons. The molecule has 0 atom stereocenters. The van der Waals surface area contributed by atoms with E-state index in [2.05, 4.69) is 19.7 Å². The van der Waals surface area contributed by atoms with Gasteiger partial charge < -0.3 is 10.2 Å². The Morgan fingerprint density at radius 2 is 1.23 bits per heavy atom. The third-order valence-electron chi connectivity index (χ3n) is 0.341. The lowest BCUT2D eigenvalue weighted by atomic mass is 10.6. The number of carbonyl (C=O) groups is 2. The quantitative estimate of drug-likeness (QED) is 0.508. The van der Waals surface area contributed by atoms with E-state index in [-0.39, 0.29) is 0 Å². The van der Waals surface area contributed by atoms with Crippen LogP contribution in [0.15, 0.2) is 38.0 Å². The van der Waals surface area contributed by atoms with E-state index in [1.807, 2.05) is 0 Å². The molecule has 0 bridgehead atoms. The molecular formula is C9H14O4. The Morgan fingerprint density at radius 1 is 1.08 bits per heavy atom. The standard InChI is InChI=1S/C4H6.C3H4O2.C2H4O2/c1-3-4-2;1-2-3(4)5;1-2(3)4/h3-4H,1-2H2;2H,1H2,(H,4,5);1H3,(H,3,4). The zero-order valence-corrected chi connectivity index (χ0v) is 7.56. The molecule has 4 nitrogen and oxygen atoms in total. The second-order valence-corrected chi connectivity index (χ2v) is 1.53. The molecule has 0 amide bonds. The van der Waals surface area contributed by atoms with Gasteiger partial charge in [-0.05, 0) is 0 Å². The van der Waals surface area contributed by atoms with Gasteiger partial charge in [0.05, 0.1) is 0 Å². The van der Waals surface area contributed by atoms with Crippen LogP contribution in [-0.4, -0.2) is 22.2 Å². The fourth-order valence-electron chi connectivity index (χ4n) is 0. The molecular weight excluding hydrogens is 172 g/mol. The normalized spacial score (nSPS) is 5.92. The van der Waals surface area contributed by atoms with Crippen LogP contribution in [0.5, 0.6) is 0 Å². The zero-order valence-electron chi connectivity index (χ0n) is 7.56. The summed E-state index contributed by atoms with van der Waals surface area (Å²) in [6.07, 6.45) is 4.11. The molecule has 0 aliphatic carbocycles. The second kappa shape index (κ2) is 16.6. The lowest BCUT2D eigenvalue weighted by molar-refractivity contribution is -0.134. The predicted molar refractivity (Wildman–Crippen MR) is 51.5 cm³/mol. The van der Waals surface area contributed by atoms with Crippen molar-refractivity contribution in [2.45, 2.75) is 6.92 Å². The highest BCUT2D eigenvalue weighted by Crippen LogP contribution is 1.54. The Morgan fingerprint density at radius 3 is 1.23 bits per heavy atom. The summed E-state index contributed by atoms with van der Waals surface area (Å²) >= 11 is 0. The molecule has 2 N–H and O–H groups in total. The Hall–Kier alpha value is -1.84. The highest BCUT2D eigenvalue weighted by Gasteiger charge is 1.73. The number of hydrogen-bond acceptors (Lipinski definition) is 2. The van der Waals surface area contributed by atoms with Gasteiger partial charge in [0, 0.05) is 13.0 Å². The SMILES string of the molecule is C=CC(=O)O.C=CC=C.CC(=O)O. The van der Waals surface area contributed by atoms with Gasteiger partial charge in [0.25, 0.3) is 5.97 Å². The van der Waals surface area contributed by atoms with Gasteiger partial charge in [-0.15, -0.1) is 0 Å². The Bertz CT molecular complexity index is 172. The van der Waals surface area contributed by atoms with Crippen molar-refractivity contribution >= 4 is 11.9 Å². The molecule has 0 spiro atoms. The van der Waals surface area contributed by atoms with E-state index in [1.165, 1.54) is 0 Å². The minimum Gasteiger partial charge on any atom is -0.481 e. The summed E-state index contributed by atoms with van der Waals surface area (Å²) in [5.74, 6) is -1.81. The van der Waals surface area contributed by atoms with E-state index in [4.69, 9.17) is 15.0 Å². The van der Waals surface area contributed by atoms with Crippen LogP contribution < -0.4 is 0 Å². The first-order valence-corrected chi connectivity index (χ1v) is 3.20. The smallest absolute Gasteiger partial charge is 0.327 e. The molecule has 13 heavy (non-hydrogen) atoms. The van der Waals surface area contributed by atoms with Crippen molar-refractivity contribution in [3.05, 3.63) is 38.0 Å². The number of hydrogen-bond donors (Lipinski definition) is 2. The predicted octanol–water partition coefficient (Wildman–Crippen LogP) is 1.71. The van der Waals surface area contributed by atoms with Gasteiger partial charge >= 0.3 is 5.97 Å². The van der Waals surface area contributed by atoms with E-state index < -0.39 is 11.9 Å². The molecule has 0 rings (SSSR count). The summed E-state index contributed by atoms with van der Waals surface area (Å²) in [4.78, 5) is 18.2. The van der Waals surface area contributed by atoms with Crippen molar-refractivity contribution in [1.29, 1.82) is 0 Å². The first kappa shape index (κ1) is 17.3. The van der Waals surface area contributed by atoms with E-state index >= 15 is 0 Å². The van der Waals surface area contributed by atoms with Crippen molar-refractivity contribution in [2.75, 3.05) is 0 Å². The van der Waals surface area contributed by atoms with Crippen molar-refractivity contribution in [1.82, 2.24) is 0 Å². The van der Waals surface area contributed by atoms with Gasteiger partial charge in [0.1, 0.15) is 0 Å². The highest BCUT2D eigenvalue weighted by atomic mass is 16.4. The van der Waals surface area contributed by atoms with Crippen molar-refractivity contribution in [3.8, 4) is 0 Å². The van der Waals surface area contributed by atoms with Crippen LogP contribution in [0.25, 0.3) is 0 Å². The molecule has 0 aromatic rings. The Labute approximate surface area is 77.5 Å². The summed E-state index contributed by atoms with van der Waals surface area (Å²) in [5, 5.41) is 15.0. The number of carboxylic acids is 2. The summed E-state index contributed by atoms with van der Waals surface area (Å²) in [5.41, 5.74) is 0. The number of rotatable bonds is 2. The monoisotopic (exact) mass is 186 g/mol. The van der Waals surface area contributed by atoms with E-state index in [0.717, 1.165) is 13.0 Å². The fraction of sp³-hybridized carbons (Fsp3) is 0.111. The Balaban J connectivity index is -0.000000117. The lowest BCUT2D eigenvalue weighted by Crippen LogP contribution is -1.82. The third-order valence-corrected chi connectivity index (χ3v) is 0.341. The molecule has 74 valence electrons. The fourth-order valence-corrected chi connectivity index (χ4v) is 0. The van der Waals surface area contributed by atoms with Crippen LogP contribution >= 0.6 is 0 Å². The van der Waals surface area contributed by atoms with Crippen molar-refractivity contribution < 1.29 is 19.8 Å². The molecule has 4 heteroatoms. The van der Waals surface area contributed by atoms with Gasteiger partial charge in [0.2, 0.25) is 0 Å². The average molecular weight is 186 g/mol. The maximum atomic E-state index is 9.25. The molecule has 0 aliphatic heterocycles. The van der Waals surface area contributed by atoms with Gasteiger partial charge in [-0.1, -0.05) is 31.9 Å². The third kappa shape index (κ3) is 503. The van der Waals surface area contributed by atoms with Crippen LogP contribution in [-0.2, 0) is 9.59 Å². The number of allylic oxidation sites excluding steroid dienone is 2. The number of carboxylic acid groups (broad SMARTS) is 2. The highest BCUT2D eigenvalue weighted by molar-refractivity contribution is 5.78. The van der Waals surface area contributed by atoms with Gasteiger partial charge in [-0.2, -0.15) is 0 Å². The Kier molecular flexibility index (Phi) is 22.1. The van der Waals surface area contributed by atoms with Gasteiger partial charge in [0.15, 0.2) is 0 Å². The molecule has 0 unspecified atom stereocenters. The van der Waals surface area contributed by atoms with Crippen LogP contribution in [0.2, 0.25) is 0 Å². The molecule has 0 aliphatic rings.